The maximum atomic E-state index is 10.6. The van der Waals surface area contributed by atoms with E-state index in [-0.39, 0.29) is 11.9 Å². The zero-order valence-corrected chi connectivity index (χ0v) is 11.7. The molecule has 0 heterocycles. The van der Waals surface area contributed by atoms with Crippen molar-refractivity contribution in [3.05, 3.63) is 24.8 Å². The fraction of sp³-hybridized carbons (Fsp3) is 0.571. The first-order valence-corrected chi connectivity index (χ1v) is 6.11. The molecule has 18 heavy (non-hydrogen) atoms. The molecule has 0 bridgehead atoms. The van der Waals surface area contributed by atoms with Crippen LogP contribution in [0, 0.1) is 0 Å². The average molecular weight is 256 g/mol. The molecule has 0 radical (unpaired) electrons. The van der Waals surface area contributed by atoms with E-state index in [0.717, 1.165) is 19.3 Å². The van der Waals surface area contributed by atoms with Crippen molar-refractivity contribution in [3.8, 4) is 0 Å². The van der Waals surface area contributed by atoms with Crippen LogP contribution >= 0.6 is 0 Å². The summed E-state index contributed by atoms with van der Waals surface area (Å²) in [5.41, 5.74) is 0.462. The molecule has 0 unspecified atom stereocenters. The molecular formula is C14H24O4. The molecule has 0 amide bonds. The highest BCUT2D eigenvalue weighted by atomic mass is 16.5. The zero-order valence-electron chi connectivity index (χ0n) is 11.7. The summed E-state index contributed by atoms with van der Waals surface area (Å²) in [6.07, 6.45) is 4.01. The normalized spacial score (nSPS) is 8.61. The smallest absolute Gasteiger partial charge is 0.333 e. The fourth-order valence-corrected chi connectivity index (χ4v) is 0.694. The van der Waals surface area contributed by atoms with Crippen LogP contribution in [0.1, 0.15) is 40.0 Å². The number of carbonyl (C=O) groups excluding carboxylic acids is 2. The Hall–Kier alpha value is -1.58. The van der Waals surface area contributed by atoms with Crippen LogP contribution in [-0.2, 0) is 19.1 Å². The average Bonchev–Trinajstić information content (AvgIpc) is 2.36. The van der Waals surface area contributed by atoms with Crippen molar-refractivity contribution in [3.63, 3.8) is 0 Å². The summed E-state index contributed by atoms with van der Waals surface area (Å²) >= 11 is 0. The fourth-order valence-electron chi connectivity index (χ4n) is 0.694. The lowest BCUT2D eigenvalue weighted by Gasteiger charge is -1.99. The van der Waals surface area contributed by atoms with Crippen LogP contribution in [0.15, 0.2) is 24.8 Å². The van der Waals surface area contributed by atoms with E-state index in [9.17, 15) is 9.59 Å². The Bertz CT molecular complexity index is 267. The molecule has 0 atom stereocenters. The molecule has 0 spiro atoms. The van der Waals surface area contributed by atoms with E-state index in [1.165, 1.54) is 6.08 Å². The molecule has 0 aromatic heterocycles. The molecule has 0 rings (SSSR count). The van der Waals surface area contributed by atoms with Gasteiger partial charge in [0.25, 0.3) is 0 Å². The summed E-state index contributed by atoms with van der Waals surface area (Å²) in [6, 6.07) is 0. The quantitative estimate of drug-likeness (QED) is 0.399. The molecule has 0 fully saturated rings. The third-order valence-electron chi connectivity index (χ3n) is 1.69. The van der Waals surface area contributed by atoms with E-state index in [4.69, 9.17) is 4.74 Å². The molecule has 104 valence electrons. The highest BCUT2D eigenvalue weighted by Gasteiger charge is 1.99. The monoisotopic (exact) mass is 256 g/mol. The van der Waals surface area contributed by atoms with Crippen molar-refractivity contribution in [2.75, 3.05) is 13.2 Å². The Morgan fingerprint density at radius 3 is 2.11 bits per heavy atom. The van der Waals surface area contributed by atoms with E-state index >= 15 is 0 Å². The van der Waals surface area contributed by atoms with Gasteiger partial charge < -0.3 is 9.47 Å². The molecule has 0 saturated heterocycles. The summed E-state index contributed by atoms with van der Waals surface area (Å²) in [6.45, 7) is 13.3. The maximum Gasteiger partial charge on any atom is 0.333 e. The Kier molecular flexibility index (Phi) is 14.1. The highest BCUT2D eigenvalue weighted by Crippen LogP contribution is 1.92. The van der Waals surface area contributed by atoms with Crippen LogP contribution in [0.4, 0.5) is 0 Å². The van der Waals surface area contributed by atoms with Crippen molar-refractivity contribution >= 4 is 11.9 Å². The summed E-state index contributed by atoms with van der Waals surface area (Å²) < 4.78 is 9.39. The number of unbranched alkanes of at least 4 members (excludes halogenated alkanes) is 1. The molecule has 0 N–H and O–H groups in total. The van der Waals surface area contributed by atoms with Crippen LogP contribution < -0.4 is 0 Å². The SMILES string of the molecule is C=C(C)C(=O)OCCC.C=CC(=O)OCCCC. The van der Waals surface area contributed by atoms with Gasteiger partial charge >= 0.3 is 11.9 Å². The van der Waals surface area contributed by atoms with Gasteiger partial charge in [-0.05, 0) is 19.8 Å². The van der Waals surface area contributed by atoms with E-state index < -0.39 is 0 Å². The van der Waals surface area contributed by atoms with Gasteiger partial charge in [-0.25, -0.2) is 9.59 Å². The third kappa shape index (κ3) is 14.4. The van der Waals surface area contributed by atoms with E-state index in [2.05, 4.69) is 17.9 Å². The predicted molar refractivity (Wildman–Crippen MR) is 72.1 cm³/mol. The lowest BCUT2D eigenvalue weighted by molar-refractivity contribution is -0.139. The van der Waals surface area contributed by atoms with E-state index in [1.54, 1.807) is 6.92 Å². The van der Waals surface area contributed by atoms with E-state index in [0.29, 0.717) is 18.8 Å². The van der Waals surface area contributed by atoms with Gasteiger partial charge in [0.1, 0.15) is 0 Å². The Balaban J connectivity index is 0. The van der Waals surface area contributed by atoms with Crippen LogP contribution in [0.2, 0.25) is 0 Å². The maximum absolute atomic E-state index is 10.6. The first-order chi connectivity index (χ1) is 8.49. The van der Waals surface area contributed by atoms with Gasteiger partial charge in [-0.15, -0.1) is 0 Å². The molecule has 0 aromatic rings. The van der Waals surface area contributed by atoms with Gasteiger partial charge in [0.05, 0.1) is 13.2 Å². The molecule has 4 heteroatoms. The summed E-state index contributed by atoms with van der Waals surface area (Å²) in [4.78, 5) is 20.9. The van der Waals surface area contributed by atoms with Crippen LogP contribution in [-0.4, -0.2) is 25.2 Å². The molecule has 0 aromatic carbocycles. The standard InChI is InChI=1S/2C7H12O2/c1-4-5-9-7(8)6(2)3;1-3-5-6-9-7(8)4-2/h2,4-5H2,1,3H3;4H,2-3,5-6H2,1H3. The van der Waals surface area contributed by atoms with Crippen LogP contribution in [0.25, 0.3) is 0 Å². The van der Waals surface area contributed by atoms with Gasteiger partial charge in [-0.3, -0.25) is 0 Å². The second-order valence-corrected chi connectivity index (χ2v) is 3.64. The summed E-state index contributed by atoms with van der Waals surface area (Å²) in [5.74, 6) is -0.625. The second kappa shape index (κ2) is 13.5. The molecule has 0 aliphatic rings. The molecule has 0 aliphatic heterocycles. The van der Waals surface area contributed by atoms with Crippen molar-refractivity contribution in [1.29, 1.82) is 0 Å². The van der Waals surface area contributed by atoms with Crippen LogP contribution in [0.3, 0.4) is 0 Å². The first-order valence-electron chi connectivity index (χ1n) is 6.11. The lowest BCUT2D eigenvalue weighted by Crippen LogP contribution is -2.04. The number of carbonyl (C=O) groups is 2. The van der Waals surface area contributed by atoms with Crippen LogP contribution in [0.5, 0.6) is 0 Å². The van der Waals surface area contributed by atoms with Crippen molar-refractivity contribution in [2.24, 2.45) is 0 Å². The molecule has 0 aliphatic carbocycles. The number of hydrogen-bond donors (Lipinski definition) is 0. The minimum atomic E-state index is -0.330. The highest BCUT2D eigenvalue weighted by molar-refractivity contribution is 5.86. The summed E-state index contributed by atoms with van der Waals surface area (Å²) in [5, 5.41) is 0. The number of hydrogen-bond acceptors (Lipinski definition) is 4. The lowest BCUT2D eigenvalue weighted by atomic mass is 10.4. The minimum Gasteiger partial charge on any atom is -0.463 e. The summed E-state index contributed by atoms with van der Waals surface area (Å²) in [7, 11) is 0. The first kappa shape index (κ1) is 18.8. The Morgan fingerprint density at radius 2 is 1.72 bits per heavy atom. The number of esters is 2. The van der Waals surface area contributed by atoms with Gasteiger partial charge in [-0.1, -0.05) is 33.4 Å². The van der Waals surface area contributed by atoms with Crippen molar-refractivity contribution in [1.82, 2.24) is 0 Å². The van der Waals surface area contributed by atoms with Gasteiger partial charge in [-0.2, -0.15) is 0 Å². The Morgan fingerprint density at radius 1 is 1.11 bits per heavy atom. The second-order valence-electron chi connectivity index (χ2n) is 3.64. The molecular weight excluding hydrogens is 232 g/mol. The zero-order chi connectivity index (χ0) is 14.4. The van der Waals surface area contributed by atoms with Crippen molar-refractivity contribution in [2.45, 2.75) is 40.0 Å². The topological polar surface area (TPSA) is 52.6 Å². The van der Waals surface area contributed by atoms with E-state index in [1.807, 2.05) is 13.8 Å². The largest absolute Gasteiger partial charge is 0.463 e. The molecule has 0 saturated carbocycles. The third-order valence-corrected chi connectivity index (χ3v) is 1.69. The molecule has 4 nitrogen and oxygen atoms in total. The van der Waals surface area contributed by atoms with Gasteiger partial charge in [0.2, 0.25) is 0 Å². The predicted octanol–water partition coefficient (Wildman–Crippen LogP) is 3.03. The number of rotatable bonds is 7. The van der Waals surface area contributed by atoms with Gasteiger partial charge in [0.15, 0.2) is 0 Å². The Labute approximate surface area is 110 Å². The number of ether oxygens (including phenoxy) is 2. The van der Waals surface area contributed by atoms with Gasteiger partial charge in [0, 0.05) is 11.6 Å². The van der Waals surface area contributed by atoms with Crippen molar-refractivity contribution < 1.29 is 19.1 Å². The minimum absolute atomic E-state index is 0.295.